The van der Waals surface area contributed by atoms with E-state index in [9.17, 15) is 9.59 Å². The first-order valence-corrected chi connectivity index (χ1v) is 14.1. The van der Waals surface area contributed by atoms with Gasteiger partial charge in [-0.2, -0.15) is 5.10 Å². The molecule has 0 saturated heterocycles. The van der Waals surface area contributed by atoms with Crippen LogP contribution in [0.5, 0.6) is 5.75 Å². The largest absolute Gasteiger partial charge is 0.490 e. The van der Waals surface area contributed by atoms with Gasteiger partial charge < -0.3 is 15.0 Å². The van der Waals surface area contributed by atoms with Crippen molar-refractivity contribution in [1.29, 1.82) is 0 Å². The van der Waals surface area contributed by atoms with Gasteiger partial charge in [-0.1, -0.05) is 37.3 Å². The Morgan fingerprint density at radius 3 is 2.92 bits per heavy atom. The van der Waals surface area contributed by atoms with Crippen LogP contribution in [0.25, 0.3) is 11.1 Å². The van der Waals surface area contributed by atoms with Gasteiger partial charge in [0.15, 0.2) is 10.9 Å². The van der Waals surface area contributed by atoms with Crippen LogP contribution in [0, 0.1) is 5.92 Å². The van der Waals surface area contributed by atoms with Crippen LogP contribution in [0.4, 0.5) is 10.8 Å². The molecule has 4 heterocycles. The summed E-state index contributed by atoms with van der Waals surface area (Å²) in [4.78, 5) is 32.3. The SMILES string of the molecule is CC(C)C=CC(=O)CCCCn1cc(-c2ccc3c(c2)N(c2nc4c(s2)C(=O)NC(C)(C)C4)CCO3)cn1. The van der Waals surface area contributed by atoms with Crippen LogP contribution in [-0.4, -0.2) is 45.1 Å². The summed E-state index contributed by atoms with van der Waals surface area (Å²) in [7, 11) is 0. The number of amides is 1. The zero-order valence-electron chi connectivity index (χ0n) is 22.5. The average molecular weight is 534 g/mol. The molecule has 5 rings (SSSR count). The molecule has 2 aliphatic heterocycles. The first-order chi connectivity index (χ1) is 18.2. The van der Waals surface area contributed by atoms with E-state index in [-0.39, 0.29) is 17.2 Å². The van der Waals surface area contributed by atoms with Gasteiger partial charge in [-0.05, 0) is 56.4 Å². The molecule has 1 amide bonds. The normalized spacial score (nSPS) is 16.3. The summed E-state index contributed by atoms with van der Waals surface area (Å²) in [5, 5.41) is 8.43. The third-order valence-electron chi connectivity index (χ3n) is 6.70. The van der Waals surface area contributed by atoms with Gasteiger partial charge in [0, 0.05) is 36.7 Å². The lowest BCUT2D eigenvalue weighted by Gasteiger charge is -2.29. The molecule has 2 aromatic heterocycles. The third kappa shape index (κ3) is 5.83. The van der Waals surface area contributed by atoms with Crippen LogP contribution >= 0.6 is 11.3 Å². The molecule has 0 radical (unpaired) electrons. The van der Waals surface area contributed by atoms with E-state index in [1.54, 1.807) is 6.08 Å². The number of unbranched alkanes of at least 4 members (excludes halogenated alkanes) is 1. The molecule has 2 aliphatic rings. The van der Waals surface area contributed by atoms with Gasteiger partial charge in [-0.3, -0.25) is 14.3 Å². The minimum absolute atomic E-state index is 0.0500. The van der Waals surface area contributed by atoms with Crippen LogP contribution in [0.15, 0.2) is 42.7 Å². The maximum atomic E-state index is 12.7. The third-order valence-corrected chi connectivity index (χ3v) is 7.82. The second-order valence-electron chi connectivity index (χ2n) is 11.0. The van der Waals surface area contributed by atoms with E-state index < -0.39 is 0 Å². The van der Waals surface area contributed by atoms with E-state index >= 15 is 0 Å². The predicted octanol–water partition coefficient (Wildman–Crippen LogP) is 5.55. The van der Waals surface area contributed by atoms with Gasteiger partial charge in [0.2, 0.25) is 0 Å². The summed E-state index contributed by atoms with van der Waals surface area (Å²) in [6.07, 6.45) is 10.6. The molecule has 0 bridgehead atoms. The highest BCUT2D eigenvalue weighted by Crippen LogP contribution is 2.42. The zero-order valence-corrected chi connectivity index (χ0v) is 23.3. The smallest absolute Gasteiger partial charge is 0.263 e. The number of nitrogens with one attached hydrogen (secondary N) is 1. The standard InChI is InChI=1S/C29H35N5O3S/c1-19(2)8-10-22(35)7-5-6-12-33-18-21(17-30-33)20-9-11-25-24(15-20)34(13-14-37-25)28-31-23-16-29(3,4)32-27(36)26(23)38-28/h8-11,15,17-19H,5-7,12-14,16H2,1-4H3,(H,32,36). The molecule has 0 spiro atoms. The topological polar surface area (TPSA) is 89.4 Å². The van der Waals surface area contributed by atoms with E-state index in [1.165, 1.54) is 11.3 Å². The summed E-state index contributed by atoms with van der Waals surface area (Å²) in [5.41, 5.74) is 3.57. The summed E-state index contributed by atoms with van der Waals surface area (Å²) in [6.45, 7) is 10.2. The van der Waals surface area contributed by atoms with Gasteiger partial charge in [0.05, 0.1) is 24.1 Å². The molecule has 3 aromatic rings. The number of ether oxygens (including phenoxy) is 1. The molecule has 0 aliphatic carbocycles. The Hall–Kier alpha value is -3.46. The van der Waals surface area contributed by atoms with Crippen molar-refractivity contribution in [3.05, 3.63) is 53.3 Å². The second kappa shape index (κ2) is 10.7. The Morgan fingerprint density at radius 2 is 2.11 bits per heavy atom. The van der Waals surface area contributed by atoms with Crippen molar-refractivity contribution >= 4 is 33.8 Å². The molecule has 200 valence electrons. The number of ketones is 1. The second-order valence-corrected chi connectivity index (χ2v) is 12.0. The number of rotatable bonds is 9. The molecule has 0 fully saturated rings. The molecular formula is C29H35N5O3S. The molecular weight excluding hydrogens is 498 g/mol. The number of carbonyl (C=O) groups excluding carboxylic acids is 2. The zero-order chi connectivity index (χ0) is 26.9. The van der Waals surface area contributed by atoms with Crippen LogP contribution in [0.3, 0.4) is 0 Å². The molecule has 38 heavy (non-hydrogen) atoms. The molecule has 8 nitrogen and oxygen atoms in total. The molecule has 0 saturated carbocycles. The first kappa shape index (κ1) is 26.2. The Labute approximate surface area is 227 Å². The van der Waals surface area contributed by atoms with E-state index in [0.717, 1.165) is 52.8 Å². The van der Waals surface area contributed by atoms with Crippen LogP contribution in [-0.2, 0) is 17.8 Å². The van der Waals surface area contributed by atoms with Crippen molar-refractivity contribution in [1.82, 2.24) is 20.1 Å². The highest BCUT2D eigenvalue weighted by atomic mass is 32.1. The van der Waals surface area contributed by atoms with Gasteiger partial charge in [-0.15, -0.1) is 0 Å². The fourth-order valence-corrected chi connectivity index (χ4v) is 5.78. The number of thiazole rings is 1. The lowest BCUT2D eigenvalue weighted by Crippen LogP contribution is -2.48. The van der Waals surface area contributed by atoms with Crippen molar-refractivity contribution in [2.24, 2.45) is 5.92 Å². The first-order valence-electron chi connectivity index (χ1n) is 13.3. The summed E-state index contributed by atoms with van der Waals surface area (Å²) in [5.74, 6) is 1.34. The maximum Gasteiger partial charge on any atom is 0.263 e. The molecule has 9 heteroatoms. The van der Waals surface area contributed by atoms with Gasteiger partial charge in [0.25, 0.3) is 5.91 Å². The van der Waals surface area contributed by atoms with Crippen molar-refractivity contribution in [3.8, 4) is 16.9 Å². The van der Waals surface area contributed by atoms with Crippen molar-refractivity contribution in [2.75, 3.05) is 18.1 Å². The Kier molecular flexibility index (Phi) is 7.38. The molecule has 0 unspecified atom stereocenters. The number of fused-ring (bicyclic) bond motifs is 2. The lowest BCUT2D eigenvalue weighted by molar-refractivity contribution is -0.114. The Balaban J connectivity index is 1.28. The maximum absolute atomic E-state index is 12.7. The number of aryl methyl sites for hydroxylation is 1. The number of aromatic nitrogens is 3. The highest BCUT2D eigenvalue weighted by Gasteiger charge is 2.34. The van der Waals surface area contributed by atoms with Crippen LogP contribution < -0.4 is 15.0 Å². The van der Waals surface area contributed by atoms with Gasteiger partial charge in [0.1, 0.15) is 17.2 Å². The quantitative estimate of drug-likeness (QED) is 0.286. The highest BCUT2D eigenvalue weighted by molar-refractivity contribution is 7.17. The van der Waals surface area contributed by atoms with Crippen LogP contribution in [0.1, 0.15) is 62.3 Å². The number of nitrogens with zero attached hydrogens (tertiary/aromatic N) is 4. The monoisotopic (exact) mass is 533 g/mol. The number of hydrogen-bond donors (Lipinski definition) is 1. The lowest BCUT2D eigenvalue weighted by atomic mass is 9.94. The van der Waals surface area contributed by atoms with Crippen LogP contribution in [0.2, 0.25) is 0 Å². The van der Waals surface area contributed by atoms with Crippen molar-refractivity contribution in [2.45, 2.75) is 65.5 Å². The molecule has 1 aromatic carbocycles. The minimum atomic E-state index is -0.300. The Morgan fingerprint density at radius 1 is 1.26 bits per heavy atom. The minimum Gasteiger partial charge on any atom is -0.490 e. The number of hydrogen-bond acceptors (Lipinski definition) is 7. The van der Waals surface area contributed by atoms with E-state index in [0.29, 0.717) is 36.8 Å². The van der Waals surface area contributed by atoms with E-state index in [2.05, 4.69) is 35.2 Å². The number of allylic oxidation sites excluding steroid dienone is 2. The fraction of sp³-hybridized carbons (Fsp3) is 0.448. The van der Waals surface area contributed by atoms with E-state index in [4.69, 9.17) is 9.72 Å². The fourth-order valence-electron chi connectivity index (χ4n) is 4.77. The van der Waals surface area contributed by atoms with Crippen molar-refractivity contribution < 1.29 is 14.3 Å². The molecule has 1 N–H and O–H groups in total. The summed E-state index contributed by atoms with van der Waals surface area (Å²) < 4.78 is 7.88. The van der Waals surface area contributed by atoms with Gasteiger partial charge in [-0.25, -0.2) is 4.98 Å². The summed E-state index contributed by atoms with van der Waals surface area (Å²) >= 11 is 1.44. The number of anilines is 2. The number of carbonyl (C=O) groups is 2. The van der Waals surface area contributed by atoms with Crippen molar-refractivity contribution in [3.63, 3.8) is 0 Å². The molecule has 0 atom stereocenters. The van der Waals surface area contributed by atoms with E-state index in [1.807, 2.05) is 49.1 Å². The Bertz CT molecular complexity index is 1370. The number of benzene rings is 1. The average Bonchev–Trinajstić information content (AvgIpc) is 3.51. The van der Waals surface area contributed by atoms with Gasteiger partial charge >= 0.3 is 0 Å². The summed E-state index contributed by atoms with van der Waals surface area (Å²) in [6, 6.07) is 6.15. The predicted molar refractivity (Wildman–Crippen MR) is 150 cm³/mol.